The van der Waals surface area contributed by atoms with Crippen LogP contribution in [0, 0.1) is 16.0 Å². The van der Waals surface area contributed by atoms with Crippen LogP contribution in [0.2, 0.25) is 5.02 Å². The van der Waals surface area contributed by atoms with Crippen LogP contribution in [0.3, 0.4) is 0 Å². The van der Waals surface area contributed by atoms with E-state index < -0.39 is 34.9 Å². The van der Waals surface area contributed by atoms with Gasteiger partial charge in [-0.15, -0.1) is 0 Å². The van der Waals surface area contributed by atoms with Gasteiger partial charge in [0.2, 0.25) is 0 Å². The zero-order chi connectivity index (χ0) is 17.7. The molecule has 124 valence electrons. The van der Waals surface area contributed by atoms with Crippen LogP contribution in [0.15, 0.2) is 18.2 Å². The van der Waals surface area contributed by atoms with Crippen LogP contribution in [-0.4, -0.2) is 28.9 Å². The molecule has 23 heavy (non-hydrogen) atoms. The second-order valence-electron chi connectivity index (χ2n) is 4.84. The highest BCUT2D eigenvalue weighted by Crippen LogP contribution is 2.24. The largest absolute Gasteiger partial charge is 0.448 e. The van der Waals surface area contributed by atoms with Gasteiger partial charge in [-0.3, -0.25) is 20.2 Å². The number of rotatable bonds is 5. The van der Waals surface area contributed by atoms with Gasteiger partial charge < -0.3 is 10.5 Å². The van der Waals surface area contributed by atoms with Crippen LogP contribution in [0.4, 0.5) is 10.5 Å². The van der Waals surface area contributed by atoms with Gasteiger partial charge in [0.05, 0.1) is 15.5 Å². The summed E-state index contributed by atoms with van der Waals surface area (Å²) in [5, 5.41) is 12.5. The Hall–Kier alpha value is -2.68. The Labute approximate surface area is 135 Å². The smallest absolute Gasteiger partial charge is 0.340 e. The molecule has 0 heterocycles. The number of benzene rings is 1. The number of carbonyl (C=O) groups is 3. The highest BCUT2D eigenvalue weighted by Gasteiger charge is 2.29. The molecule has 1 aromatic rings. The fourth-order valence-electron chi connectivity index (χ4n) is 1.65. The molecule has 0 aliphatic carbocycles. The molecule has 0 saturated carbocycles. The van der Waals surface area contributed by atoms with Crippen molar-refractivity contribution in [3.63, 3.8) is 0 Å². The molecule has 1 rings (SSSR count). The zero-order valence-electron chi connectivity index (χ0n) is 12.2. The summed E-state index contributed by atoms with van der Waals surface area (Å²) in [5.41, 5.74) is 4.22. The van der Waals surface area contributed by atoms with Crippen molar-refractivity contribution in [2.24, 2.45) is 11.7 Å². The Morgan fingerprint density at radius 2 is 1.96 bits per heavy atom. The number of urea groups is 1. The second-order valence-corrected chi connectivity index (χ2v) is 5.25. The number of esters is 1. The van der Waals surface area contributed by atoms with Crippen LogP contribution in [-0.2, 0) is 9.53 Å². The molecule has 3 N–H and O–H groups in total. The number of nitrogens with zero attached hydrogens (tertiary/aromatic N) is 1. The second kappa shape index (κ2) is 7.54. The lowest BCUT2D eigenvalue weighted by Crippen LogP contribution is -2.45. The number of imide groups is 1. The lowest BCUT2D eigenvalue weighted by molar-refractivity contribution is -0.384. The molecule has 0 spiro atoms. The summed E-state index contributed by atoms with van der Waals surface area (Å²) in [6, 6.07) is 2.14. The van der Waals surface area contributed by atoms with E-state index in [9.17, 15) is 24.5 Å². The molecule has 0 aliphatic rings. The van der Waals surface area contributed by atoms with E-state index in [-0.39, 0.29) is 16.3 Å². The van der Waals surface area contributed by atoms with E-state index in [1.165, 1.54) is 6.07 Å². The molecule has 1 atom stereocenters. The third-order valence-electron chi connectivity index (χ3n) is 2.72. The maximum Gasteiger partial charge on any atom is 0.340 e. The lowest BCUT2D eigenvalue weighted by atomic mass is 10.1. The van der Waals surface area contributed by atoms with Gasteiger partial charge in [-0.2, -0.15) is 0 Å². The van der Waals surface area contributed by atoms with Gasteiger partial charge in [0.25, 0.3) is 11.6 Å². The van der Waals surface area contributed by atoms with Gasteiger partial charge in [-0.1, -0.05) is 25.4 Å². The van der Waals surface area contributed by atoms with E-state index in [0.717, 1.165) is 12.1 Å². The first-order chi connectivity index (χ1) is 10.6. The number of primary amides is 1. The first kappa shape index (κ1) is 18.4. The number of hydrogen-bond donors (Lipinski definition) is 2. The van der Waals surface area contributed by atoms with Crippen LogP contribution in [0.1, 0.15) is 24.2 Å². The first-order valence-electron chi connectivity index (χ1n) is 6.38. The Morgan fingerprint density at radius 1 is 1.35 bits per heavy atom. The normalized spacial score (nSPS) is 11.7. The molecular formula is C13H14ClN3O6. The number of amides is 3. The van der Waals surface area contributed by atoms with Gasteiger partial charge in [-0.25, -0.2) is 9.59 Å². The van der Waals surface area contributed by atoms with Gasteiger partial charge in [0, 0.05) is 12.1 Å². The van der Waals surface area contributed by atoms with Crippen molar-refractivity contribution < 1.29 is 24.0 Å². The standard InChI is InChI=1S/C13H14ClN3O6/c1-6(2)10(11(18)16-13(15)20)23-12(19)8-5-7(17(21)22)3-4-9(8)14/h3-6,10H,1-2H3,(H3,15,16,18,20)/t10-/m0/s1. The third kappa shape index (κ3) is 4.92. The molecule has 9 nitrogen and oxygen atoms in total. The highest BCUT2D eigenvalue weighted by molar-refractivity contribution is 6.33. The van der Waals surface area contributed by atoms with Gasteiger partial charge >= 0.3 is 12.0 Å². The maximum absolute atomic E-state index is 12.1. The number of ether oxygens (including phenoxy) is 1. The van der Waals surface area contributed by atoms with Crippen molar-refractivity contribution in [1.29, 1.82) is 0 Å². The van der Waals surface area contributed by atoms with Crippen LogP contribution < -0.4 is 11.1 Å². The number of nitro groups is 1. The number of halogens is 1. The Balaban J connectivity index is 3.04. The van der Waals surface area contributed by atoms with Crippen LogP contribution in [0.25, 0.3) is 0 Å². The highest BCUT2D eigenvalue weighted by atomic mass is 35.5. The number of non-ortho nitro benzene ring substituents is 1. The minimum atomic E-state index is -1.31. The molecule has 0 saturated heterocycles. The fraction of sp³-hybridized carbons (Fsp3) is 0.308. The van der Waals surface area contributed by atoms with E-state index in [1.54, 1.807) is 19.2 Å². The molecule has 0 aliphatic heterocycles. The van der Waals surface area contributed by atoms with E-state index in [0.29, 0.717) is 0 Å². The average molecular weight is 344 g/mol. The van der Waals surface area contributed by atoms with E-state index >= 15 is 0 Å². The monoisotopic (exact) mass is 343 g/mol. The number of carbonyl (C=O) groups excluding carboxylic acids is 3. The maximum atomic E-state index is 12.1. The Bertz CT molecular complexity index is 661. The van der Waals surface area contributed by atoms with Crippen molar-refractivity contribution in [3.05, 3.63) is 38.9 Å². The van der Waals surface area contributed by atoms with Gasteiger partial charge in [0.15, 0.2) is 6.10 Å². The first-order valence-corrected chi connectivity index (χ1v) is 6.76. The summed E-state index contributed by atoms with van der Waals surface area (Å²) in [4.78, 5) is 44.7. The molecule has 0 radical (unpaired) electrons. The van der Waals surface area contributed by atoms with Crippen molar-refractivity contribution in [1.82, 2.24) is 5.32 Å². The molecule has 0 unspecified atom stereocenters. The number of nitrogens with two attached hydrogens (primary N) is 1. The molecule has 0 fully saturated rings. The van der Waals surface area contributed by atoms with Gasteiger partial charge in [0.1, 0.15) is 0 Å². The summed E-state index contributed by atoms with van der Waals surface area (Å²) < 4.78 is 5.01. The van der Waals surface area contributed by atoms with E-state index in [1.807, 2.05) is 0 Å². The SMILES string of the molecule is CC(C)[C@H](OC(=O)c1cc([N+](=O)[O-])ccc1Cl)C(=O)NC(N)=O. The van der Waals surface area contributed by atoms with Crippen molar-refractivity contribution in [3.8, 4) is 0 Å². The topological polar surface area (TPSA) is 142 Å². The lowest BCUT2D eigenvalue weighted by Gasteiger charge is -2.20. The van der Waals surface area contributed by atoms with Crippen molar-refractivity contribution in [2.75, 3.05) is 0 Å². The predicted octanol–water partition coefficient (Wildman–Crippen LogP) is 1.62. The molecule has 0 aromatic heterocycles. The van der Waals surface area contributed by atoms with Crippen LogP contribution in [0.5, 0.6) is 0 Å². The van der Waals surface area contributed by atoms with E-state index in [4.69, 9.17) is 22.1 Å². The predicted molar refractivity (Wildman–Crippen MR) is 79.9 cm³/mol. The molecular weight excluding hydrogens is 330 g/mol. The Morgan fingerprint density at radius 3 is 2.43 bits per heavy atom. The summed E-state index contributed by atoms with van der Waals surface area (Å²) in [5.74, 6) is -2.41. The third-order valence-corrected chi connectivity index (χ3v) is 3.05. The van der Waals surface area contributed by atoms with Gasteiger partial charge in [-0.05, 0) is 12.0 Å². The average Bonchev–Trinajstić information content (AvgIpc) is 2.43. The quantitative estimate of drug-likeness (QED) is 0.472. The molecule has 1 aromatic carbocycles. The number of nitro benzene ring substituents is 1. The minimum absolute atomic E-state index is 0.0709. The van der Waals surface area contributed by atoms with E-state index in [2.05, 4.69) is 0 Å². The summed E-state index contributed by atoms with van der Waals surface area (Å²) in [6.45, 7) is 3.15. The molecule has 10 heteroatoms. The summed E-state index contributed by atoms with van der Waals surface area (Å²) in [7, 11) is 0. The Kier molecular flexibility index (Phi) is 6.02. The fourth-order valence-corrected chi connectivity index (χ4v) is 1.84. The number of hydrogen-bond acceptors (Lipinski definition) is 6. The minimum Gasteiger partial charge on any atom is -0.448 e. The summed E-state index contributed by atoms with van der Waals surface area (Å²) >= 11 is 5.82. The van der Waals surface area contributed by atoms with Crippen LogP contribution >= 0.6 is 11.6 Å². The van der Waals surface area contributed by atoms with Crippen molar-refractivity contribution >= 4 is 35.2 Å². The summed E-state index contributed by atoms with van der Waals surface area (Å²) in [6.07, 6.45) is -1.31. The number of nitrogens with one attached hydrogen (secondary N) is 1. The molecule has 0 bridgehead atoms. The van der Waals surface area contributed by atoms with Crippen molar-refractivity contribution in [2.45, 2.75) is 20.0 Å². The molecule has 3 amide bonds. The zero-order valence-corrected chi connectivity index (χ0v) is 13.0.